The molecule has 1 N–H and O–H groups in total. The van der Waals surface area contributed by atoms with Crippen LogP contribution in [-0.4, -0.2) is 50.5 Å². The van der Waals surface area contributed by atoms with Crippen molar-refractivity contribution in [2.45, 2.75) is 46.6 Å². The van der Waals surface area contributed by atoms with Crippen LogP contribution >= 0.6 is 0 Å². The fraction of sp³-hybridized carbons (Fsp3) is 0.480. The lowest BCUT2D eigenvalue weighted by molar-refractivity contribution is 0.0695. The Labute approximate surface area is 185 Å². The molecular formula is C25H34N2O4. The van der Waals surface area contributed by atoms with E-state index in [-0.39, 0.29) is 0 Å². The summed E-state index contributed by atoms with van der Waals surface area (Å²) in [6.07, 6.45) is 1.90. The van der Waals surface area contributed by atoms with Crippen LogP contribution in [0.1, 0.15) is 48.2 Å². The lowest BCUT2D eigenvalue weighted by atomic mass is 9.95. The Morgan fingerprint density at radius 2 is 1.77 bits per heavy atom. The molecule has 1 aliphatic rings. The fourth-order valence-corrected chi connectivity index (χ4v) is 4.40. The van der Waals surface area contributed by atoms with Crippen LogP contribution in [0.25, 0.3) is 11.1 Å². The van der Waals surface area contributed by atoms with E-state index in [1.165, 1.54) is 0 Å². The Morgan fingerprint density at radius 1 is 1.10 bits per heavy atom. The van der Waals surface area contributed by atoms with Gasteiger partial charge < -0.3 is 14.7 Å². The molecule has 168 valence electrons. The van der Waals surface area contributed by atoms with Crippen LogP contribution < -0.4 is 9.96 Å². The second kappa shape index (κ2) is 10.2. The van der Waals surface area contributed by atoms with Gasteiger partial charge in [0.2, 0.25) is 0 Å². The number of anilines is 2. The summed E-state index contributed by atoms with van der Waals surface area (Å²) in [7, 11) is 1.89. The highest BCUT2D eigenvalue weighted by molar-refractivity contribution is 5.94. The molecule has 1 aliphatic heterocycles. The van der Waals surface area contributed by atoms with E-state index in [4.69, 9.17) is 9.57 Å². The van der Waals surface area contributed by atoms with E-state index >= 15 is 0 Å². The van der Waals surface area contributed by atoms with Crippen LogP contribution in [0, 0.1) is 13.8 Å². The first kappa shape index (κ1) is 23.1. The highest BCUT2D eigenvalue weighted by Crippen LogP contribution is 2.35. The molecule has 0 saturated carbocycles. The van der Waals surface area contributed by atoms with Gasteiger partial charge in [-0.3, -0.25) is 9.90 Å². The third-order valence-corrected chi connectivity index (χ3v) is 6.10. The van der Waals surface area contributed by atoms with Crippen LogP contribution in [0.15, 0.2) is 30.3 Å². The molecule has 2 aromatic rings. The van der Waals surface area contributed by atoms with Crippen molar-refractivity contribution >= 4 is 17.3 Å². The molecule has 6 nitrogen and oxygen atoms in total. The van der Waals surface area contributed by atoms with E-state index < -0.39 is 5.97 Å². The van der Waals surface area contributed by atoms with Gasteiger partial charge in [-0.25, -0.2) is 4.79 Å². The minimum absolute atomic E-state index is 0.346. The third kappa shape index (κ3) is 5.02. The number of benzene rings is 2. The van der Waals surface area contributed by atoms with Crippen LogP contribution in [0.4, 0.5) is 11.4 Å². The van der Waals surface area contributed by atoms with Crippen molar-refractivity contribution in [1.29, 1.82) is 0 Å². The smallest absolute Gasteiger partial charge is 0.336 e. The number of hydrogen-bond acceptors (Lipinski definition) is 5. The van der Waals surface area contributed by atoms with Crippen molar-refractivity contribution in [2.75, 3.05) is 43.4 Å². The van der Waals surface area contributed by atoms with Gasteiger partial charge in [0.25, 0.3) is 0 Å². The molecule has 3 rings (SSSR count). The van der Waals surface area contributed by atoms with Gasteiger partial charge in [0.1, 0.15) is 0 Å². The number of carboxylic acid groups (broad SMARTS) is 1. The molecular weight excluding hydrogens is 392 g/mol. The predicted octanol–water partition coefficient (Wildman–Crippen LogP) is 5.06. The second-order valence-corrected chi connectivity index (χ2v) is 8.02. The Bertz CT molecular complexity index is 922. The molecule has 0 radical (unpaired) electrons. The molecule has 0 aliphatic carbocycles. The zero-order chi connectivity index (χ0) is 22.5. The summed E-state index contributed by atoms with van der Waals surface area (Å²) in [5.41, 5.74) is 6.08. The van der Waals surface area contributed by atoms with Crippen molar-refractivity contribution < 1.29 is 19.5 Å². The van der Waals surface area contributed by atoms with Gasteiger partial charge >= 0.3 is 5.97 Å². The average Bonchev–Trinajstić information content (AvgIpc) is 2.76. The van der Waals surface area contributed by atoms with Crippen LogP contribution in [0.5, 0.6) is 0 Å². The molecule has 1 fully saturated rings. The summed E-state index contributed by atoms with van der Waals surface area (Å²) in [5.74, 6) is -0.901. The molecule has 0 amide bonds. The topological polar surface area (TPSA) is 62.2 Å². The predicted molar refractivity (Wildman–Crippen MR) is 125 cm³/mol. The molecule has 0 spiro atoms. The molecule has 31 heavy (non-hydrogen) atoms. The molecule has 6 heteroatoms. The maximum atomic E-state index is 12.1. The summed E-state index contributed by atoms with van der Waals surface area (Å²) in [6.45, 7) is 10.9. The van der Waals surface area contributed by atoms with Gasteiger partial charge in [0, 0.05) is 38.5 Å². The molecule has 1 heterocycles. The number of hydrogen-bond donors (Lipinski definition) is 1. The molecule has 0 unspecified atom stereocenters. The average molecular weight is 427 g/mol. The van der Waals surface area contributed by atoms with Crippen LogP contribution in [0.2, 0.25) is 0 Å². The number of ether oxygens (including phenoxy) is 1. The van der Waals surface area contributed by atoms with Gasteiger partial charge in [-0.1, -0.05) is 12.1 Å². The first-order chi connectivity index (χ1) is 14.9. The largest absolute Gasteiger partial charge is 0.478 e. The van der Waals surface area contributed by atoms with E-state index in [0.29, 0.717) is 18.2 Å². The SMILES string of the molecule is CCON(C)c1cc(-c2cc(C(=O)O)c(C)c(N(CC)C3CCOCC3)c2)ccc1C. The van der Waals surface area contributed by atoms with Gasteiger partial charge in [0.05, 0.1) is 17.9 Å². The lowest BCUT2D eigenvalue weighted by Gasteiger charge is -2.36. The van der Waals surface area contributed by atoms with E-state index in [9.17, 15) is 9.90 Å². The third-order valence-electron chi connectivity index (χ3n) is 6.10. The maximum Gasteiger partial charge on any atom is 0.336 e. The number of carboxylic acids is 1. The van der Waals surface area contributed by atoms with Crippen molar-refractivity contribution in [3.8, 4) is 11.1 Å². The minimum Gasteiger partial charge on any atom is -0.478 e. The first-order valence-electron chi connectivity index (χ1n) is 11.1. The Kier molecular flexibility index (Phi) is 7.57. The Balaban J connectivity index is 2.11. The first-order valence-corrected chi connectivity index (χ1v) is 11.1. The Hall–Kier alpha value is -2.57. The number of carbonyl (C=O) groups is 1. The number of hydroxylamine groups is 1. The summed E-state index contributed by atoms with van der Waals surface area (Å²) in [4.78, 5) is 20.1. The quantitative estimate of drug-likeness (QED) is 0.595. The molecule has 0 atom stereocenters. The van der Waals surface area contributed by atoms with Crippen molar-refractivity contribution in [3.63, 3.8) is 0 Å². The van der Waals surface area contributed by atoms with Crippen LogP contribution in [0.3, 0.4) is 0 Å². The standard InChI is InChI=1S/C25H34N2O4/c1-6-27(21-10-12-30-13-11-21)24-16-20(14-22(18(24)4)25(28)29)19-9-8-17(3)23(15-19)26(5)31-7-2/h8-9,14-16,21H,6-7,10-13H2,1-5H3,(H,28,29). The highest BCUT2D eigenvalue weighted by atomic mass is 16.7. The molecule has 0 aromatic heterocycles. The van der Waals surface area contributed by atoms with Gasteiger partial charge in [-0.15, -0.1) is 0 Å². The van der Waals surface area contributed by atoms with Crippen molar-refractivity contribution in [2.24, 2.45) is 0 Å². The Morgan fingerprint density at radius 3 is 2.39 bits per heavy atom. The summed E-state index contributed by atoms with van der Waals surface area (Å²) in [5, 5.41) is 11.7. The molecule has 1 saturated heterocycles. The van der Waals surface area contributed by atoms with Crippen LogP contribution in [-0.2, 0) is 9.57 Å². The monoisotopic (exact) mass is 426 g/mol. The van der Waals surface area contributed by atoms with E-state index in [2.05, 4.69) is 30.0 Å². The van der Waals surface area contributed by atoms with E-state index in [1.54, 1.807) is 11.1 Å². The fourth-order valence-electron chi connectivity index (χ4n) is 4.40. The second-order valence-electron chi connectivity index (χ2n) is 8.02. The maximum absolute atomic E-state index is 12.1. The molecule has 2 aromatic carbocycles. The number of nitrogens with zero attached hydrogens (tertiary/aromatic N) is 2. The summed E-state index contributed by atoms with van der Waals surface area (Å²) >= 11 is 0. The van der Waals surface area contributed by atoms with Crippen molar-refractivity contribution in [3.05, 3.63) is 47.0 Å². The lowest BCUT2D eigenvalue weighted by Crippen LogP contribution is -2.40. The number of aromatic carboxylic acids is 1. The van der Waals surface area contributed by atoms with Gasteiger partial charge in [-0.2, -0.15) is 0 Å². The number of aryl methyl sites for hydroxylation is 1. The zero-order valence-electron chi connectivity index (χ0n) is 19.3. The number of rotatable bonds is 8. The van der Waals surface area contributed by atoms with E-state index in [1.807, 2.05) is 33.9 Å². The van der Waals surface area contributed by atoms with Gasteiger partial charge in [-0.05, 0) is 81.0 Å². The summed E-state index contributed by atoms with van der Waals surface area (Å²) < 4.78 is 5.54. The van der Waals surface area contributed by atoms with E-state index in [0.717, 1.165) is 66.2 Å². The molecule has 0 bridgehead atoms. The van der Waals surface area contributed by atoms with Crippen molar-refractivity contribution in [1.82, 2.24) is 0 Å². The summed E-state index contributed by atoms with van der Waals surface area (Å²) in [6, 6.07) is 10.4. The highest BCUT2D eigenvalue weighted by Gasteiger charge is 2.24. The van der Waals surface area contributed by atoms with Gasteiger partial charge in [0.15, 0.2) is 0 Å². The minimum atomic E-state index is -0.901. The zero-order valence-corrected chi connectivity index (χ0v) is 19.3. The normalized spacial score (nSPS) is 14.5.